The van der Waals surface area contributed by atoms with Gasteiger partial charge in [0.25, 0.3) is 5.56 Å². The molecule has 0 radical (unpaired) electrons. The molecular formula is C20H20N4O3S2. The predicted molar refractivity (Wildman–Crippen MR) is 115 cm³/mol. The van der Waals surface area contributed by atoms with Gasteiger partial charge in [-0.25, -0.2) is 22.7 Å². The third-order valence-electron chi connectivity index (χ3n) is 4.77. The number of fused-ring (bicyclic) bond motifs is 3. The summed E-state index contributed by atoms with van der Waals surface area (Å²) in [6, 6.07) is 8.60. The lowest BCUT2D eigenvalue weighted by Crippen LogP contribution is -2.23. The summed E-state index contributed by atoms with van der Waals surface area (Å²) in [6.07, 6.45) is 1.52. The summed E-state index contributed by atoms with van der Waals surface area (Å²) in [7, 11) is -0.559. The Balaban J connectivity index is 1.80. The molecule has 0 amide bonds. The van der Waals surface area contributed by atoms with Crippen molar-refractivity contribution in [2.75, 3.05) is 14.1 Å². The van der Waals surface area contributed by atoms with Gasteiger partial charge in [0.1, 0.15) is 9.53 Å². The Morgan fingerprint density at radius 2 is 1.93 bits per heavy atom. The molecule has 0 N–H and O–H groups in total. The minimum absolute atomic E-state index is 0.157. The number of hydrogen-bond acceptors (Lipinski definition) is 6. The summed E-state index contributed by atoms with van der Waals surface area (Å²) in [5.74, 6) is 0. The topological polar surface area (TPSA) is 85.2 Å². The van der Waals surface area contributed by atoms with Crippen LogP contribution in [0.2, 0.25) is 0 Å². The second kappa shape index (κ2) is 7.01. The van der Waals surface area contributed by atoms with Gasteiger partial charge in [0, 0.05) is 25.2 Å². The second-order valence-corrected chi connectivity index (χ2v) is 10.3. The van der Waals surface area contributed by atoms with Gasteiger partial charge in [-0.2, -0.15) is 0 Å². The molecule has 29 heavy (non-hydrogen) atoms. The van der Waals surface area contributed by atoms with Crippen LogP contribution in [0.15, 0.2) is 46.3 Å². The molecule has 0 aliphatic heterocycles. The lowest BCUT2D eigenvalue weighted by Gasteiger charge is -2.12. The Labute approximate surface area is 172 Å². The number of pyridine rings is 1. The minimum Gasteiger partial charge on any atom is -0.294 e. The van der Waals surface area contributed by atoms with E-state index in [1.807, 2.05) is 19.9 Å². The molecule has 0 unspecified atom stereocenters. The van der Waals surface area contributed by atoms with Crippen LogP contribution in [0.3, 0.4) is 0 Å². The number of aromatic nitrogens is 3. The van der Waals surface area contributed by atoms with Crippen molar-refractivity contribution in [3.05, 3.63) is 63.8 Å². The Morgan fingerprint density at radius 3 is 2.66 bits per heavy atom. The van der Waals surface area contributed by atoms with Gasteiger partial charge in [-0.1, -0.05) is 12.1 Å². The third-order valence-corrected chi connectivity index (χ3v) is 7.65. The summed E-state index contributed by atoms with van der Waals surface area (Å²) < 4.78 is 28.0. The molecule has 0 bridgehead atoms. The maximum Gasteiger partial charge on any atom is 0.271 e. The van der Waals surface area contributed by atoms with Crippen LogP contribution in [-0.2, 0) is 16.6 Å². The molecule has 0 aliphatic carbocycles. The van der Waals surface area contributed by atoms with Crippen molar-refractivity contribution in [2.45, 2.75) is 25.3 Å². The Hall–Kier alpha value is -2.62. The van der Waals surface area contributed by atoms with E-state index in [1.54, 1.807) is 24.3 Å². The first-order chi connectivity index (χ1) is 13.7. The molecule has 3 heterocycles. The molecule has 0 fully saturated rings. The van der Waals surface area contributed by atoms with Crippen molar-refractivity contribution >= 4 is 41.8 Å². The largest absolute Gasteiger partial charge is 0.294 e. The van der Waals surface area contributed by atoms with E-state index in [-0.39, 0.29) is 17.0 Å². The summed E-state index contributed by atoms with van der Waals surface area (Å²) >= 11 is 1.34. The van der Waals surface area contributed by atoms with Gasteiger partial charge in [-0.05, 0) is 43.2 Å². The molecule has 0 atom stereocenters. The van der Waals surface area contributed by atoms with Crippen molar-refractivity contribution < 1.29 is 8.42 Å². The van der Waals surface area contributed by atoms with Crippen molar-refractivity contribution in [3.63, 3.8) is 0 Å². The van der Waals surface area contributed by atoms with Gasteiger partial charge in [-0.3, -0.25) is 9.36 Å². The van der Waals surface area contributed by atoms with Crippen LogP contribution >= 0.6 is 11.3 Å². The highest BCUT2D eigenvalue weighted by molar-refractivity contribution is 7.89. The first-order valence-electron chi connectivity index (χ1n) is 8.96. The fourth-order valence-electron chi connectivity index (χ4n) is 3.33. The van der Waals surface area contributed by atoms with E-state index in [0.29, 0.717) is 15.8 Å². The van der Waals surface area contributed by atoms with E-state index in [1.165, 1.54) is 40.6 Å². The zero-order chi connectivity index (χ0) is 20.9. The average Bonchev–Trinajstić information content (AvgIpc) is 3.03. The average molecular weight is 429 g/mol. The van der Waals surface area contributed by atoms with Crippen molar-refractivity contribution in [1.29, 1.82) is 0 Å². The molecule has 0 saturated carbocycles. The van der Waals surface area contributed by atoms with E-state index in [9.17, 15) is 13.2 Å². The summed E-state index contributed by atoms with van der Waals surface area (Å²) in [6.45, 7) is 4.16. The zero-order valence-corrected chi connectivity index (χ0v) is 18.1. The minimum atomic E-state index is -3.54. The molecule has 4 aromatic rings. The first-order valence-corrected chi connectivity index (χ1v) is 11.2. The maximum absolute atomic E-state index is 13.1. The number of sulfonamides is 1. The molecule has 4 rings (SSSR count). The van der Waals surface area contributed by atoms with Crippen molar-refractivity contribution in [3.8, 4) is 0 Å². The van der Waals surface area contributed by atoms with E-state index in [0.717, 1.165) is 21.5 Å². The van der Waals surface area contributed by atoms with Gasteiger partial charge in [-0.15, -0.1) is 11.3 Å². The summed E-state index contributed by atoms with van der Waals surface area (Å²) in [5, 5.41) is 0.916. The van der Waals surface area contributed by atoms with E-state index in [4.69, 9.17) is 0 Å². The highest BCUT2D eigenvalue weighted by Crippen LogP contribution is 2.31. The van der Waals surface area contributed by atoms with E-state index in [2.05, 4.69) is 9.97 Å². The van der Waals surface area contributed by atoms with E-state index >= 15 is 0 Å². The lowest BCUT2D eigenvalue weighted by molar-refractivity contribution is 0.520. The number of benzene rings is 1. The van der Waals surface area contributed by atoms with E-state index < -0.39 is 10.0 Å². The molecule has 1 aromatic carbocycles. The molecule has 0 saturated heterocycles. The Morgan fingerprint density at radius 1 is 1.17 bits per heavy atom. The molecular weight excluding hydrogens is 408 g/mol. The molecule has 9 heteroatoms. The van der Waals surface area contributed by atoms with Crippen LogP contribution in [0.1, 0.15) is 16.8 Å². The first kappa shape index (κ1) is 19.7. The molecule has 150 valence electrons. The number of aryl methyl sites for hydroxylation is 2. The second-order valence-electron chi connectivity index (χ2n) is 7.15. The number of thiophene rings is 1. The van der Waals surface area contributed by atoms with Gasteiger partial charge in [0.15, 0.2) is 0 Å². The maximum atomic E-state index is 13.1. The van der Waals surface area contributed by atoms with Crippen LogP contribution in [0.4, 0.5) is 0 Å². The standard InChI is InChI=1S/C20H20N4O3S2/c1-12-8-13(2)22-19-16(12)17-18(28-19)20(25)24(11-21-17)10-14-6-5-7-15(9-14)29(26,27)23(3)4/h5-9,11H,10H2,1-4H3. The lowest BCUT2D eigenvalue weighted by atomic mass is 10.1. The zero-order valence-electron chi connectivity index (χ0n) is 16.5. The highest BCUT2D eigenvalue weighted by Gasteiger charge is 2.18. The Bertz CT molecular complexity index is 1420. The Kier molecular flexibility index (Phi) is 4.76. The highest BCUT2D eigenvalue weighted by atomic mass is 32.2. The fraction of sp³-hybridized carbons (Fsp3) is 0.250. The molecule has 3 aromatic heterocycles. The van der Waals surface area contributed by atoms with Crippen molar-refractivity contribution in [1.82, 2.24) is 18.8 Å². The van der Waals surface area contributed by atoms with Gasteiger partial charge >= 0.3 is 0 Å². The van der Waals surface area contributed by atoms with Crippen LogP contribution < -0.4 is 5.56 Å². The number of nitrogens with zero attached hydrogens (tertiary/aromatic N) is 4. The molecule has 7 nitrogen and oxygen atoms in total. The van der Waals surface area contributed by atoms with Gasteiger partial charge in [0.05, 0.1) is 23.3 Å². The normalized spacial score (nSPS) is 12.3. The van der Waals surface area contributed by atoms with Crippen LogP contribution in [0, 0.1) is 13.8 Å². The quantitative estimate of drug-likeness (QED) is 0.499. The summed E-state index contributed by atoms with van der Waals surface area (Å²) in [5.41, 5.74) is 3.17. The number of hydrogen-bond donors (Lipinski definition) is 0. The fourth-order valence-corrected chi connectivity index (χ4v) is 5.50. The SMILES string of the molecule is Cc1cc(C)c2c(n1)sc1c(=O)n(Cc3cccc(S(=O)(=O)N(C)C)c3)cnc12. The van der Waals surface area contributed by atoms with Crippen LogP contribution in [-0.4, -0.2) is 41.4 Å². The predicted octanol–water partition coefficient (Wildman–Crippen LogP) is 2.92. The monoisotopic (exact) mass is 428 g/mol. The number of rotatable bonds is 4. The third kappa shape index (κ3) is 3.35. The van der Waals surface area contributed by atoms with Gasteiger partial charge < -0.3 is 0 Å². The van der Waals surface area contributed by atoms with Crippen molar-refractivity contribution in [2.24, 2.45) is 0 Å². The summed E-state index contributed by atoms with van der Waals surface area (Å²) in [4.78, 5) is 23.1. The van der Waals surface area contributed by atoms with Crippen LogP contribution in [0.5, 0.6) is 0 Å². The molecule has 0 spiro atoms. The van der Waals surface area contributed by atoms with Crippen LogP contribution in [0.25, 0.3) is 20.4 Å². The molecule has 0 aliphatic rings. The smallest absolute Gasteiger partial charge is 0.271 e. The van der Waals surface area contributed by atoms with Gasteiger partial charge in [0.2, 0.25) is 10.0 Å².